The monoisotopic (exact) mass is 253 g/mol. The third-order valence-electron chi connectivity index (χ3n) is 3.40. The molecule has 1 aliphatic heterocycles. The van der Waals surface area contributed by atoms with Crippen LogP contribution < -0.4 is 5.32 Å². The van der Waals surface area contributed by atoms with Gasteiger partial charge < -0.3 is 14.7 Å². The molecule has 1 atom stereocenters. The Morgan fingerprint density at radius 1 is 1.39 bits per heavy atom. The zero-order valence-electron chi connectivity index (χ0n) is 11.5. The summed E-state index contributed by atoms with van der Waals surface area (Å²) in [5.41, 5.74) is 0. The molecule has 0 bridgehead atoms. The lowest BCUT2D eigenvalue weighted by Crippen LogP contribution is -2.45. The van der Waals surface area contributed by atoms with Crippen molar-refractivity contribution < 1.29 is 4.52 Å². The van der Waals surface area contributed by atoms with Crippen molar-refractivity contribution in [1.82, 2.24) is 25.3 Å². The van der Waals surface area contributed by atoms with E-state index in [4.69, 9.17) is 4.52 Å². The van der Waals surface area contributed by atoms with E-state index in [0.29, 0.717) is 0 Å². The van der Waals surface area contributed by atoms with Gasteiger partial charge in [-0.3, -0.25) is 4.90 Å². The largest absolute Gasteiger partial charge is 0.339 e. The molecule has 0 aromatic carbocycles. The van der Waals surface area contributed by atoms with Crippen molar-refractivity contribution in [3.8, 4) is 0 Å². The van der Waals surface area contributed by atoms with E-state index in [-0.39, 0.29) is 6.04 Å². The van der Waals surface area contributed by atoms with Crippen LogP contribution in [-0.4, -0.2) is 66.8 Å². The highest BCUT2D eigenvalue weighted by atomic mass is 16.5. The van der Waals surface area contributed by atoms with E-state index in [2.05, 4.69) is 46.3 Å². The Balaban J connectivity index is 1.95. The lowest BCUT2D eigenvalue weighted by molar-refractivity contribution is 0.108. The first-order chi connectivity index (χ1) is 8.70. The van der Waals surface area contributed by atoms with Gasteiger partial charge in [0.1, 0.15) is 0 Å². The normalized spacial score (nSPS) is 22.5. The molecule has 1 saturated heterocycles. The summed E-state index contributed by atoms with van der Waals surface area (Å²) in [7, 11) is 4.25. The van der Waals surface area contributed by atoms with E-state index in [9.17, 15) is 0 Å². The smallest absolute Gasteiger partial charge is 0.227 e. The number of piperazine rings is 1. The Morgan fingerprint density at radius 2 is 2.22 bits per heavy atom. The van der Waals surface area contributed by atoms with Crippen LogP contribution in [-0.2, 0) is 6.42 Å². The Bertz CT molecular complexity index is 367. The van der Waals surface area contributed by atoms with Gasteiger partial charge in [0.05, 0.1) is 6.04 Å². The van der Waals surface area contributed by atoms with E-state index >= 15 is 0 Å². The van der Waals surface area contributed by atoms with Gasteiger partial charge in [-0.25, -0.2) is 0 Å². The van der Waals surface area contributed by atoms with Crippen LogP contribution in [0.2, 0.25) is 0 Å². The molecule has 102 valence electrons. The minimum Gasteiger partial charge on any atom is -0.339 e. The molecule has 1 N–H and O–H groups in total. The number of hydrogen-bond donors (Lipinski definition) is 1. The summed E-state index contributed by atoms with van der Waals surface area (Å²) in [6.45, 7) is 7.05. The molecule has 1 unspecified atom stereocenters. The average Bonchev–Trinajstić information content (AvgIpc) is 2.81. The molecule has 1 fully saturated rings. The fraction of sp³-hybridized carbons (Fsp3) is 0.833. The third-order valence-corrected chi connectivity index (χ3v) is 3.40. The molecule has 0 spiro atoms. The van der Waals surface area contributed by atoms with Crippen molar-refractivity contribution in [3.05, 3.63) is 11.7 Å². The Morgan fingerprint density at radius 3 is 3.00 bits per heavy atom. The van der Waals surface area contributed by atoms with Gasteiger partial charge in [-0.2, -0.15) is 4.98 Å². The fourth-order valence-corrected chi connectivity index (χ4v) is 2.17. The van der Waals surface area contributed by atoms with E-state index in [0.717, 1.165) is 50.9 Å². The summed E-state index contributed by atoms with van der Waals surface area (Å²) >= 11 is 0. The number of nitrogens with one attached hydrogen (secondary N) is 1. The second kappa shape index (κ2) is 6.26. The second-order valence-electron chi connectivity index (χ2n) is 4.91. The quantitative estimate of drug-likeness (QED) is 0.753. The highest BCUT2D eigenvalue weighted by Gasteiger charge is 2.27. The van der Waals surface area contributed by atoms with Crippen LogP contribution in [0.15, 0.2) is 4.52 Å². The third kappa shape index (κ3) is 3.28. The minimum atomic E-state index is 0.250. The number of nitrogens with zero attached hydrogens (tertiary/aromatic N) is 4. The zero-order valence-corrected chi connectivity index (χ0v) is 11.5. The standard InChI is InChI=1S/C12H23N5O/c1-4-13-6-5-11-14-12(15-18-11)10-9-16(2)7-8-17(10)3/h10,13H,4-9H2,1-3H3. The summed E-state index contributed by atoms with van der Waals surface area (Å²) in [5.74, 6) is 1.54. The average molecular weight is 253 g/mol. The summed E-state index contributed by atoms with van der Waals surface area (Å²) in [5, 5.41) is 7.38. The van der Waals surface area contributed by atoms with E-state index in [1.165, 1.54) is 0 Å². The van der Waals surface area contributed by atoms with Crippen LogP contribution in [0.25, 0.3) is 0 Å². The number of hydrogen-bond acceptors (Lipinski definition) is 6. The molecule has 0 amide bonds. The van der Waals surface area contributed by atoms with Crippen molar-refractivity contribution in [2.45, 2.75) is 19.4 Å². The van der Waals surface area contributed by atoms with E-state index in [1.54, 1.807) is 0 Å². The number of rotatable bonds is 5. The SMILES string of the molecule is CCNCCc1nc(C2CN(C)CCN2C)no1. The van der Waals surface area contributed by atoms with Crippen LogP contribution >= 0.6 is 0 Å². The van der Waals surface area contributed by atoms with Crippen molar-refractivity contribution >= 4 is 0 Å². The van der Waals surface area contributed by atoms with Gasteiger partial charge in [-0.15, -0.1) is 0 Å². The van der Waals surface area contributed by atoms with Crippen LogP contribution in [0.4, 0.5) is 0 Å². The van der Waals surface area contributed by atoms with Crippen molar-refractivity contribution in [3.63, 3.8) is 0 Å². The molecule has 0 aliphatic carbocycles. The molecule has 2 heterocycles. The fourth-order valence-electron chi connectivity index (χ4n) is 2.17. The first-order valence-electron chi connectivity index (χ1n) is 6.62. The molecular weight excluding hydrogens is 230 g/mol. The molecule has 1 aromatic heterocycles. The van der Waals surface area contributed by atoms with E-state index < -0.39 is 0 Å². The second-order valence-corrected chi connectivity index (χ2v) is 4.91. The molecule has 18 heavy (non-hydrogen) atoms. The van der Waals surface area contributed by atoms with Crippen LogP contribution in [0, 0.1) is 0 Å². The van der Waals surface area contributed by atoms with Crippen LogP contribution in [0.5, 0.6) is 0 Å². The first-order valence-corrected chi connectivity index (χ1v) is 6.62. The maximum absolute atomic E-state index is 5.30. The van der Waals surface area contributed by atoms with Gasteiger partial charge >= 0.3 is 0 Å². The Labute approximate surface area is 108 Å². The van der Waals surface area contributed by atoms with Crippen LogP contribution in [0.1, 0.15) is 24.7 Å². The molecule has 0 saturated carbocycles. The summed E-state index contributed by atoms with van der Waals surface area (Å²) in [6.07, 6.45) is 0.799. The Kier molecular flexibility index (Phi) is 4.68. The van der Waals surface area contributed by atoms with Gasteiger partial charge in [0.15, 0.2) is 5.82 Å². The molecule has 2 rings (SSSR count). The molecule has 6 nitrogen and oxygen atoms in total. The molecule has 1 aliphatic rings. The van der Waals surface area contributed by atoms with Crippen molar-refractivity contribution in [2.75, 3.05) is 46.8 Å². The van der Waals surface area contributed by atoms with Gasteiger partial charge in [0, 0.05) is 32.6 Å². The molecular formula is C12H23N5O. The lowest BCUT2D eigenvalue weighted by atomic mass is 10.2. The summed E-state index contributed by atoms with van der Waals surface area (Å²) in [4.78, 5) is 9.10. The molecule has 1 aromatic rings. The van der Waals surface area contributed by atoms with Gasteiger partial charge in [-0.1, -0.05) is 12.1 Å². The highest BCUT2D eigenvalue weighted by molar-refractivity contribution is 4.98. The molecule has 6 heteroatoms. The zero-order chi connectivity index (χ0) is 13.0. The minimum absolute atomic E-state index is 0.250. The van der Waals surface area contributed by atoms with Gasteiger partial charge in [0.25, 0.3) is 0 Å². The first kappa shape index (κ1) is 13.5. The lowest BCUT2D eigenvalue weighted by Gasteiger charge is -2.35. The summed E-state index contributed by atoms with van der Waals surface area (Å²) in [6, 6.07) is 0.250. The van der Waals surface area contributed by atoms with Gasteiger partial charge in [0.2, 0.25) is 5.89 Å². The Hall–Kier alpha value is -0.980. The summed E-state index contributed by atoms with van der Waals surface area (Å²) < 4.78 is 5.30. The van der Waals surface area contributed by atoms with Crippen LogP contribution in [0.3, 0.4) is 0 Å². The van der Waals surface area contributed by atoms with E-state index in [1.807, 2.05) is 0 Å². The number of likely N-dealkylation sites (N-methyl/N-ethyl adjacent to an activating group) is 3. The highest BCUT2D eigenvalue weighted by Crippen LogP contribution is 2.20. The van der Waals surface area contributed by atoms with Crippen molar-refractivity contribution in [2.24, 2.45) is 0 Å². The number of aromatic nitrogens is 2. The van der Waals surface area contributed by atoms with Gasteiger partial charge in [-0.05, 0) is 20.6 Å². The maximum Gasteiger partial charge on any atom is 0.227 e. The van der Waals surface area contributed by atoms with Crippen molar-refractivity contribution in [1.29, 1.82) is 0 Å². The predicted molar refractivity (Wildman–Crippen MR) is 69.4 cm³/mol. The maximum atomic E-state index is 5.30. The topological polar surface area (TPSA) is 57.4 Å². The molecule has 0 radical (unpaired) electrons. The predicted octanol–water partition coefficient (Wildman–Crippen LogP) is 0.140.